The van der Waals surface area contributed by atoms with Crippen molar-refractivity contribution in [3.05, 3.63) is 51.6 Å². The van der Waals surface area contributed by atoms with E-state index in [1.165, 1.54) is 30.3 Å². The average molecular weight is 355 g/mol. The largest absolute Gasteiger partial charge is 0.508 e. The standard InChI is InChI=1S/C15H12Cl2N2O4/c1-8-11(16)6-12(17)14(18-8)19-13(21)7-23-15(22)9-3-2-4-10(20)5-9/h2-6,20H,7H2,1H3,(H,18,19,21). The highest BCUT2D eigenvalue weighted by Crippen LogP contribution is 2.25. The lowest BCUT2D eigenvalue weighted by molar-refractivity contribution is -0.119. The van der Waals surface area contributed by atoms with Crippen molar-refractivity contribution in [3.63, 3.8) is 0 Å². The minimum absolute atomic E-state index is 0.0727. The van der Waals surface area contributed by atoms with Crippen molar-refractivity contribution >= 4 is 40.9 Å². The minimum atomic E-state index is -0.734. The third-order valence-corrected chi connectivity index (χ3v) is 3.45. The first kappa shape index (κ1) is 17.1. The number of ether oxygens (including phenoxy) is 1. The van der Waals surface area contributed by atoms with Gasteiger partial charge >= 0.3 is 5.97 Å². The molecule has 2 N–H and O–H groups in total. The molecule has 1 aromatic heterocycles. The Labute approximate surface area is 142 Å². The quantitative estimate of drug-likeness (QED) is 0.823. The second-order valence-corrected chi connectivity index (χ2v) is 5.38. The monoisotopic (exact) mass is 354 g/mol. The zero-order chi connectivity index (χ0) is 17.0. The molecule has 0 aliphatic heterocycles. The fourth-order valence-corrected chi connectivity index (χ4v) is 2.07. The van der Waals surface area contributed by atoms with E-state index in [9.17, 15) is 14.7 Å². The van der Waals surface area contributed by atoms with Crippen LogP contribution in [0.4, 0.5) is 5.82 Å². The molecular formula is C15H12Cl2N2O4. The van der Waals surface area contributed by atoms with E-state index < -0.39 is 18.5 Å². The molecule has 0 unspecified atom stereocenters. The molecule has 0 aliphatic carbocycles. The van der Waals surface area contributed by atoms with Gasteiger partial charge in [-0.2, -0.15) is 0 Å². The Morgan fingerprint density at radius 1 is 1.26 bits per heavy atom. The number of pyridine rings is 1. The lowest BCUT2D eigenvalue weighted by Crippen LogP contribution is -2.21. The van der Waals surface area contributed by atoms with Crippen molar-refractivity contribution in [2.45, 2.75) is 6.92 Å². The SMILES string of the molecule is Cc1nc(NC(=O)COC(=O)c2cccc(O)c2)c(Cl)cc1Cl. The normalized spacial score (nSPS) is 10.2. The van der Waals surface area contributed by atoms with Crippen LogP contribution < -0.4 is 5.32 Å². The van der Waals surface area contributed by atoms with E-state index in [1.54, 1.807) is 6.92 Å². The average Bonchev–Trinajstić information content (AvgIpc) is 2.50. The Bertz CT molecular complexity index is 765. The van der Waals surface area contributed by atoms with Gasteiger partial charge in [-0.3, -0.25) is 4.79 Å². The first-order chi connectivity index (χ1) is 10.9. The molecule has 0 radical (unpaired) electrons. The summed E-state index contributed by atoms with van der Waals surface area (Å²) < 4.78 is 4.85. The van der Waals surface area contributed by atoms with Crippen LogP contribution in [0.5, 0.6) is 5.75 Å². The molecule has 0 saturated heterocycles. The number of halogens is 2. The summed E-state index contributed by atoms with van der Waals surface area (Å²) in [6, 6.07) is 7.06. The number of nitrogens with one attached hydrogen (secondary N) is 1. The van der Waals surface area contributed by atoms with Crippen LogP contribution in [0.1, 0.15) is 16.1 Å². The zero-order valence-corrected chi connectivity index (χ0v) is 13.5. The molecule has 0 spiro atoms. The van der Waals surface area contributed by atoms with E-state index in [0.717, 1.165) is 0 Å². The van der Waals surface area contributed by atoms with Gasteiger partial charge in [0.1, 0.15) is 5.75 Å². The van der Waals surface area contributed by atoms with Crippen molar-refractivity contribution in [1.29, 1.82) is 0 Å². The van der Waals surface area contributed by atoms with Crippen LogP contribution in [0, 0.1) is 6.92 Å². The van der Waals surface area contributed by atoms with Crippen molar-refractivity contribution < 1.29 is 19.4 Å². The van der Waals surface area contributed by atoms with E-state index in [-0.39, 0.29) is 22.2 Å². The van der Waals surface area contributed by atoms with Crippen LogP contribution in [0.15, 0.2) is 30.3 Å². The molecule has 2 rings (SSSR count). The number of rotatable bonds is 4. The molecule has 0 saturated carbocycles. The Hall–Kier alpha value is -2.31. The van der Waals surface area contributed by atoms with Gasteiger partial charge in [0.25, 0.3) is 5.91 Å². The Kier molecular flexibility index (Phi) is 5.41. The van der Waals surface area contributed by atoms with E-state index in [4.69, 9.17) is 27.9 Å². The third-order valence-electron chi connectivity index (χ3n) is 2.78. The molecule has 0 atom stereocenters. The van der Waals surface area contributed by atoms with Gasteiger partial charge in [-0.25, -0.2) is 9.78 Å². The van der Waals surface area contributed by atoms with Gasteiger partial charge in [-0.1, -0.05) is 29.3 Å². The van der Waals surface area contributed by atoms with Crippen LogP contribution >= 0.6 is 23.2 Å². The fraction of sp³-hybridized carbons (Fsp3) is 0.133. The number of carbonyl (C=O) groups excluding carboxylic acids is 2. The number of esters is 1. The molecule has 0 aliphatic rings. The fourth-order valence-electron chi connectivity index (χ4n) is 1.66. The maximum absolute atomic E-state index is 11.8. The summed E-state index contributed by atoms with van der Waals surface area (Å²) in [6.07, 6.45) is 0. The summed E-state index contributed by atoms with van der Waals surface area (Å²) in [4.78, 5) is 27.6. The second kappa shape index (κ2) is 7.30. The zero-order valence-electron chi connectivity index (χ0n) is 12.0. The molecule has 8 heteroatoms. The molecule has 1 aromatic carbocycles. The maximum atomic E-state index is 11.8. The van der Waals surface area contributed by atoms with Crippen molar-refractivity contribution in [1.82, 2.24) is 4.98 Å². The van der Waals surface area contributed by atoms with Crippen LogP contribution in [-0.4, -0.2) is 28.6 Å². The van der Waals surface area contributed by atoms with E-state index in [2.05, 4.69) is 10.3 Å². The third kappa shape index (κ3) is 4.58. The van der Waals surface area contributed by atoms with Crippen LogP contribution in [-0.2, 0) is 9.53 Å². The first-order valence-corrected chi connectivity index (χ1v) is 7.21. The maximum Gasteiger partial charge on any atom is 0.338 e. The number of anilines is 1. The van der Waals surface area contributed by atoms with Crippen molar-refractivity contribution in [3.8, 4) is 5.75 Å². The number of nitrogens with zero attached hydrogens (tertiary/aromatic N) is 1. The lowest BCUT2D eigenvalue weighted by atomic mass is 10.2. The van der Waals surface area contributed by atoms with Gasteiger partial charge < -0.3 is 15.2 Å². The lowest BCUT2D eigenvalue weighted by Gasteiger charge is -2.09. The van der Waals surface area contributed by atoms with Crippen LogP contribution in [0.3, 0.4) is 0 Å². The van der Waals surface area contributed by atoms with Gasteiger partial charge in [0.2, 0.25) is 0 Å². The number of hydrogen-bond donors (Lipinski definition) is 2. The number of carbonyl (C=O) groups is 2. The van der Waals surface area contributed by atoms with Gasteiger partial charge in [0, 0.05) is 0 Å². The Morgan fingerprint density at radius 2 is 2.00 bits per heavy atom. The molecule has 1 amide bonds. The highest BCUT2D eigenvalue weighted by molar-refractivity contribution is 6.36. The van der Waals surface area contributed by atoms with E-state index in [1.807, 2.05) is 0 Å². The van der Waals surface area contributed by atoms with Gasteiger partial charge in [-0.15, -0.1) is 0 Å². The van der Waals surface area contributed by atoms with Crippen LogP contribution in [0.25, 0.3) is 0 Å². The number of aryl methyl sites for hydroxylation is 1. The van der Waals surface area contributed by atoms with E-state index >= 15 is 0 Å². The number of amides is 1. The summed E-state index contributed by atoms with van der Waals surface area (Å²) in [5.74, 6) is -1.28. The predicted molar refractivity (Wildman–Crippen MR) is 86.0 cm³/mol. The summed E-state index contributed by atoms with van der Waals surface area (Å²) in [6.45, 7) is 1.14. The molecule has 6 nitrogen and oxygen atoms in total. The topological polar surface area (TPSA) is 88.5 Å². The molecule has 1 heterocycles. The molecule has 2 aromatic rings. The minimum Gasteiger partial charge on any atom is -0.508 e. The second-order valence-electron chi connectivity index (χ2n) is 4.56. The Balaban J connectivity index is 1.95. The molecular weight excluding hydrogens is 343 g/mol. The van der Waals surface area contributed by atoms with Gasteiger partial charge in [-0.05, 0) is 31.2 Å². The summed E-state index contributed by atoms with van der Waals surface area (Å²) in [5.41, 5.74) is 0.638. The smallest absolute Gasteiger partial charge is 0.338 e. The molecule has 0 bridgehead atoms. The number of benzene rings is 1. The van der Waals surface area contributed by atoms with Gasteiger partial charge in [0.05, 0.1) is 21.3 Å². The predicted octanol–water partition coefficient (Wildman–Crippen LogP) is 3.20. The van der Waals surface area contributed by atoms with Crippen LogP contribution in [0.2, 0.25) is 10.0 Å². The van der Waals surface area contributed by atoms with Gasteiger partial charge in [0.15, 0.2) is 12.4 Å². The van der Waals surface area contributed by atoms with Crippen molar-refractivity contribution in [2.24, 2.45) is 0 Å². The summed E-state index contributed by atoms with van der Waals surface area (Å²) in [7, 11) is 0. The molecule has 0 fully saturated rings. The highest BCUT2D eigenvalue weighted by Gasteiger charge is 2.13. The van der Waals surface area contributed by atoms with E-state index in [0.29, 0.717) is 10.7 Å². The highest BCUT2D eigenvalue weighted by atomic mass is 35.5. The van der Waals surface area contributed by atoms with Crippen molar-refractivity contribution in [2.75, 3.05) is 11.9 Å². The Morgan fingerprint density at radius 3 is 2.70 bits per heavy atom. The molecule has 23 heavy (non-hydrogen) atoms. The first-order valence-electron chi connectivity index (χ1n) is 6.45. The number of hydrogen-bond acceptors (Lipinski definition) is 5. The number of phenols is 1. The number of aromatic hydroxyl groups is 1. The molecule has 120 valence electrons. The number of aromatic nitrogens is 1. The summed E-state index contributed by atoms with van der Waals surface area (Å²) >= 11 is 11.8. The number of phenolic OH excluding ortho intramolecular Hbond substituents is 1. The summed E-state index contributed by atoms with van der Waals surface area (Å²) in [5, 5.41) is 12.3.